The largest absolute Gasteiger partial charge is 0.396 e. The second-order valence-electron chi connectivity index (χ2n) is 3.53. The molecular weight excluding hydrogens is 230 g/mol. The predicted molar refractivity (Wildman–Crippen MR) is 69.7 cm³/mol. The van der Waals surface area contributed by atoms with Crippen molar-refractivity contribution in [3.8, 4) is 0 Å². The molecule has 1 aromatic heterocycles. The summed E-state index contributed by atoms with van der Waals surface area (Å²) in [6.45, 7) is 3.06. The average molecular weight is 246 g/mol. The van der Waals surface area contributed by atoms with Crippen LogP contribution in [0.1, 0.15) is 6.92 Å². The number of nitrogens with zero attached hydrogens (tertiary/aromatic N) is 1. The fourth-order valence-corrected chi connectivity index (χ4v) is 2.07. The average Bonchev–Trinajstić information content (AvgIpc) is 2.17. The Hall–Kier alpha value is -0.610. The normalized spacial score (nSPS) is 12.5. The third kappa shape index (κ3) is 4.18. The molecule has 1 unspecified atom stereocenters. The van der Waals surface area contributed by atoms with Gasteiger partial charge in [0.05, 0.1) is 10.7 Å². The van der Waals surface area contributed by atoms with Gasteiger partial charge in [-0.2, -0.15) is 11.8 Å². The van der Waals surface area contributed by atoms with Gasteiger partial charge in [0.15, 0.2) is 0 Å². The zero-order valence-corrected chi connectivity index (χ0v) is 10.5. The van der Waals surface area contributed by atoms with Crippen LogP contribution in [0, 0.1) is 5.92 Å². The van der Waals surface area contributed by atoms with Gasteiger partial charge in [0.25, 0.3) is 0 Å². The number of nitrogens with two attached hydrogens (primary N) is 1. The highest BCUT2D eigenvalue weighted by Gasteiger charge is 2.04. The molecule has 0 saturated carbocycles. The number of hydrogen-bond donors (Lipinski definition) is 2. The number of halogens is 1. The molecule has 0 radical (unpaired) electrons. The van der Waals surface area contributed by atoms with E-state index in [0.29, 0.717) is 22.4 Å². The molecule has 0 aliphatic carbocycles. The fraction of sp³-hybridized carbons (Fsp3) is 0.500. The van der Waals surface area contributed by atoms with Gasteiger partial charge >= 0.3 is 0 Å². The van der Waals surface area contributed by atoms with Crippen molar-refractivity contribution in [3.05, 3.63) is 17.3 Å². The number of aromatic nitrogens is 1. The molecule has 0 fully saturated rings. The van der Waals surface area contributed by atoms with Gasteiger partial charge in [-0.05, 0) is 24.0 Å². The van der Waals surface area contributed by atoms with Gasteiger partial charge < -0.3 is 11.1 Å². The summed E-state index contributed by atoms with van der Waals surface area (Å²) in [5, 5.41) is 3.78. The lowest BCUT2D eigenvalue weighted by Crippen LogP contribution is -2.15. The smallest absolute Gasteiger partial charge is 0.149 e. The first-order valence-corrected chi connectivity index (χ1v) is 6.54. The van der Waals surface area contributed by atoms with Crippen LogP contribution in [0.25, 0.3) is 0 Å². The van der Waals surface area contributed by atoms with E-state index in [9.17, 15) is 0 Å². The van der Waals surface area contributed by atoms with Crippen molar-refractivity contribution in [2.45, 2.75) is 6.92 Å². The summed E-state index contributed by atoms with van der Waals surface area (Å²) >= 11 is 7.59. The van der Waals surface area contributed by atoms with Crippen LogP contribution in [0.2, 0.25) is 5.02 Å². The van der Waals surface area contributed by atoms with Gasteiger partial charge in [0.2, 0.25) is 0 Å². The molecule has 5 heteroatoms. The molecule has 0 saturated heterocycles. The Labute approximate surface area is 99.8 Å². The first kappa shape index (κ1) is 12.5. The Bertz CT molecular complexity index is 320. The van der Waals surface area contributed by atoms with Crippen molar-refractivity contribution in [2.24, 2.45) is 5.92 Å². The monoisotopic (exact) mass is 245 g/mol. The summed E-state index contributed by atoms with van der Waals surface area (Å²) in [4.78, 5) is 4.14. The molecule has 3 N–H and O–H groups in total. The topological polar surface area (TPSA) is 50.9 Å². The van der Waals surface area contributed by atoms with Crippen LogP contribution in [-0.2, 0) is 0 Å². The zero-order chi connectivity index (χ0) is 11.3. The maximum atomic E-state index is 5.77. The maximum Gasteiger partial charge on any atom is 0.149 e. The molecule has 0 aliphatic heterocycles. The van der Waals surface area contributed by atoms with Crippen molar-refractivity contribution in [1.29, 1.82) is 0 Å². The van der Waals surface area contributed by atoms with Gasteiger partial charge in [-0.15, -0.1) is 0 Å². The Morgan fingerprint density at radius 3 is 3.00 bits per heavy atom. The molecule has 15 heavy (non-hydrogen) atoms. The molecule has 0 aromatic carbocycles. The van der Waals surface area contributed by atoms with E-state index >= 15 is 0 Å². The second-order valence-corrected chi connectivity index (χ2v) is 4.88. The van der Waals surface area contributed by atoms with E-state index in [1.54, 1.807) is 12.3 Å². The molecule has 0 aliphatic rings. The van der Waals surface area contributed by atoms with E-state index in [-0.39, 0.29) is 0 Å². The molecule has 3 nitrogen and oxygen atoms in total. The van der Waals surface area contributed by atoms with Crippen LogP contribution in [-0.4, -0.2) is 23.5 Å². The molecular formula is C10H16ClN3S. The summed E-state index contributed by atoms with van der Waals surface area (Å²) in [6.07, 6.45) is 3.70. The van der Waals surface area contributed by atoms with E-state index in [2.05, 4.69) is 23.5 Å². The third-order valence-electron chi connectivity index (χ3n) is 1.95. The number of rotatable bonds is 5. The van der Waals surface area contributed by atoms with Crippen molar-refractivity contribution in [2.75, 3.05) is 29.6 Å². The van der Waals surface area contributed by atoms with Gasteiger partial charge in [-0.1, -0.05) is 18.5 Å². The predicted octanol–water partition coefficient (Wildman–Crippen LogP) is 2.73. The highest BCUT2D eigenvalue weighted by Crippen LogP contribution is 2.19. The Morgan fingerprint density at radius 2 is 2.40 bits per heavy atom. The Kier molecular flexibility index (Phi) is 5.05. The lowest BCUT2D eigenvalue weighted by molar-refractivity contribution is 0.700. The molecule has 1 rings (SSSR count). The second kappa shape index (κ2) is 6.08. The van der Waals surface area contributed by atoms with Gasteiger partial charge in [-0.25, -0.2) is 4.98 Å². The fourth-order valence-electron chi connectivity index (χ4n) is 1.22. The SMILES string of the molecule is CSCC(C)CNc1ncc(Cl)cc1N. The Morgan fingerprint density at radius 1 is 1.67 bits per heavy atom. The zero-order valence-electron chi connectivity index (χ0n) is 8.96. The first-order valence-electron chi connectivity index (χ1n) is 4.77. The number of nitrogen functional groups attached to an aromatic ring is 1. The Balaban J connectivity index is 2.50. The summed E-state index contributed by atoms with van der Waals surface area (Å²) in [5.41, 5.74) is 6.36. The highest BCUT2D eigenvalue weighted by molar-refractivity contribution is 7.98. The molecule has 0 bridgehead atoms. The van der Waals surface area contributed by atoms with E-state index in [1.165, 1.54) is 0 Å². The quantitative estimate of drug-likeness (QED) is 0.838. The van der Waals surface area contributed by atoms with E-state index in [1.807, 2.05) is 11.8 Å². The van der Waals surface area contributed by atoms with Crippen LogP contribution in [0.4, 0.5) is 11.5 Å². The van der Waals surface area contributed by atoms with Crippen molar-refractivity contribution in [3.63, 3.8) is 0 Å². The number of hydrogen-bond acceptors (Lipinski definition) is 4. The van der Waals surface area contributed by atoms with Crippen molar-refractivity contribution < 1.29 is 0 Å². The van der Waals surface area contributed by atoms with Gasteiger partial charge in [0, 0.05) is 12.7 Å². The molecule has 1 atom stereocenters. The lowest BCUT2D eigenvalue weighted by Gasteiger charge is -2.12. The van der Waals surface area contributed by atoms with Crippen molar-refractivity contribution in [1.82, 2.24) is 4.98 Å². The minimum Gasteiger partial charge on any atom is -0.396 e. The lowest BCUT2D eigenvalue weighted by atomic mass is 10.2. The van der Waals surface area contributed by atoms with Crippen molar-refractivity contribution >= 4 is 34.9 Å². The summed E-state index contributed by atoms with van der Waals surface area (Å²) in [5.74, 6) is 2.43. The first-order chi connectivity index (χ1) is 7.13. The van der Waals surface area contributed by atoms with Gasteiger partial charge in [-0.3, -0.25) is 0 Å². The van der Waals surface area contributed by atoms with Crippen LogP contribution in [0.3, 0.4) is 0 Å². The highest BCUT2D eigenvalue weighted by atomic mass is 35.5. The van der Waals surface area contributed by atoms with Crippen LogP contribution in [0.5, 0.6) is 0 Å². The summed E-state index contributed by atoms with van der Waals surface area (Å²) in [6, 6.07) is 1.70. The summed E-state index contributed by atoms with van der Waals surface area (Å²) in [7, 11) is 0. The van der Waals surface area contributed by atoms with E-state index < -0.39 is 0 Å². The minimum atomic E-state index is 0.565. The molecule has 0 amide bonds. The van der Waals surface area contributed by atoms with Crippen LogP contribution >= 0.6 is 23.4 Å². The minimum absolute atomic E-state index is 0.565. The number of nitrogens with one attached hydrogen (secondary N) is 1. The standard InChI is InChI=1S/C10H16ClN3S/c1-7(6-15-2)4-13-10-9(12)3-8(11)5-14-10/h3,5,7H,4,6,12H2,1-2H3,(H,13,14). The number of thioether (sulfide) groups is 1. The summed E-state index contributed by atoms with van der Waals surface area (Å²) < 4.78 is 0. The third-order valence-corrected chi connectivity index (χ3v) is 3.06. The number of pyridine rings is 1. The van der Waals surface area contributed by atoms with E-state index in [4.69, 9.17) is 17.3 Å². The van der Waals surface area contributed by atoms with Gasteiger partial charge in [0.1, 0.15) is 5.82 Å². The van der Waals surface area contributed by atoms with Crippen LogP contribution < -0.4 is 11.1 Å². The number of anilines is 2. The van der Waals surface area contributed by atoms with Crippen LogP contribution in [0.15, 0.2) is 12.3 Å². The van der Waals surface area contributed by atoms with E-state index in [0.717, 1.165) is 12.3 Å². The maximum absolute atomic E-state index is 5.77. The molecule has 1 aromatic rings. The molecule has 0 spiro atoms. The molecule has 1 heterocycles. The molecule has 84 valence electrons.